The van der Waals surface area contributed by atoms with Crippen molar-refractivity contribution in [2.24, 2.45) is 0 Å². The highest BCUT2D eigenvalue weighted by Gasteiger charge is 2.20. The van der Waals surface area contributed by atoms with E-state index in [0.717, 1.165) is 77.5 Å². The number of hydrogen-bond acceptors (Lipinski definition) is 2. The van der Waals surface area contributed by atoms with Gasteiger partial charge in [-0.15, -0.1) is 6.42 Å². The van der Waals surface area contributed by atoms with Crippen molar-refractivity contribution in [2.45, 2.75) is 13.5 Å². The van der Waals surface area contributed by atoms with E-state index in [4.69, 9.17) is 6.42 Å². The van der Waals surface area contributed by atoms with Crippen molar-refractivity contribution >= 4 is 38.8 Å². The fraction of sp³-hybridized carbons (Fsp3) is 0.0435. The number of rotatable bonds is 6. The van der Waals surface area contributed by atoms with Gasteiger partial charge in [0.1, 0.15) is 6.07 Å². The zero-order valence-electron chi connectivity index (χ0n) is 27.4. The summed E-state index contributed by atoms with van der Waals surface area (Å²) in [5.41, 5.74) is 12.4. The lowest BCUT2D eigenvalue weighted by Gasteiger charge is -2.18. The smallest absolute Gasteiger partial charge is 0.101 e. The second kappa shape index (κ2) is 12.5. The average molecular weight is 639 g/mol. The number of benzene rings is 6. The van der Waals surface area contributed by atoms with Gasteiger partial charge in [0.25, 0.3) is 0 Å². The summed E-state index contributed by atoms with van der Waals surface area (Å²) in [7, 11) is 0. The molecule has 2 heterocycles. The van der Waals surface area contributed by atoms with E-state index < -0.39 is 0 Å². The summed E-state index contributed by atoms with van der Waals surface area (Å²) in [5.74, 6) is 2.63. The Kier molecular flexibility index (Phi) is 7.58. The number of terminal acetylenes is 1. The first-order chi connectivity index (χ1) is 24.6. The van der Waals surface area contributed by atoms with Crippen molar-refractivity contribution in [1.29, 1.82) is 10.5 Å². The largest absolute Gasteiger partial charge is 0.340 e. The standard InChI is InChI=1S/C46H30N4/c1-3-4-19-37-31(2)49(43-25-9-7-21-40(37)43)30-35-14-5-6-20-39(35)45-33(28-47)16-12-23-38(45)32-15-11-18-36(27-32)50-44-26-10-8-22-41(44)42-24-13-17-34(29-48)46(42)50/h1,4-27H,30H2,2H3/b19-4-. The van der Waals surface area contributed by atoms with Crippen LogP contribution in [0.2, 0.25) is 0 Å². The third-order valence-corrected chi connectivity index (χ3v) is 9.66. The van der Waals surface area contributed by atoms with Crippen molar-refractivity contribution in [3.63, 3.8) is 0 Å². The van der Waals surface area contributed by atoms with E-state index >= 15 is 0 Å². The minimum Gasteiger partial charge on any atom is -0.340 e. The normalized spacial score (nSPS) is 11.2. The number of hydrogen-bond donors (Lipinski definition) is 0. The molecule has 0 saturated heterocycles. The van der Waals surface area contributed by atoms with Crippen LogP contribution in [0.5, 0.6) is 0 Å². The lowest BCUT2D eigenvalue weighted by atomic mass is 9.88. The maximum absolute atomic E-state index is 10.5. The van der Waals surface area contributed by atoms with Gasteiger partial charge in [0.15, 0.2) is 0 Å². The Balaban J connectivity index is 1.32. The van der Waals surface area contributed by atoms with Crippen LogP contribution in [0.25, 0.3) is 66.7 Å². The Hall–Kier alpha value is -7.06. The second-order valence-electron chi connectivity index (χ2n) is 12.3. The van der Waals surface area contributed by atoms with Crippen molar-refractivity contribution in [1.82, 2.24) is 9.13 Å². The van der Waals surface area contributed by atoms with E-state index in [1.54, 1.807) is 6.08 Å². The van der Waals surface area contributed by atoms with Crippen molar-refractivity contribution < 1.29 is 0 Å². The number of para-hydroxylation sites is 3. The predicted octanol–water partition coefficient (Wildman–Crippen LogP) is 10.8. The number of nitrogens with zero attached hydrogens (tertiary/aromatic N) is 4. The van der Waals surface area contributed by atoms with Crippen LogP contribution in [0.4, 0.5) is 0 Å². The summed E-state index contributed by atoms with van der Waals surface area (Å²) in [6.07, 6.45) is 9.34. The number of fused-ring (bicyclic) bond motifs is 4. The van der Waals surface area contributed by atoms with Crippen LogP contribution in [-0.4, -0.2) is 9.13 Å². The van der Waals surface area contributed by atoms with Gasteiger partial charge in [0.05, 0.1) is 28.2 Å². The highest BCUT2D eigenvalue weighted by Crippen LogP contribution is 2.40. The molecule has 0 unspecified atom stereocenters. The molecule has 0 spiro atoms. The van der Waals surface area contributed by atoms with E-state index in [-0.39, 0.29) is 0 Å². The van der Waals surface area contributed by atoms with Gasteiger partial charge < -0.3 is 9.13 Å². The van der Waals surface area contributed by atoms with Gasteiger partial charge in [-0.3, -0.25) is 0 Å². The predicted molar refractivity (Wildman–Crippen MR) is 205 cm³/mol. The third kappa shape index (κ3) is 4.86. The van der Waals surface area contributed by atoms with Crippen LogP contribution in [0.1, 0.15) is 27.9 Å². The highest BCUT2D eigenvalue weighted by atomic mass is 15.0. The minimum atomic E-state index is 0.607. The molecule has 0 atom stereocenters. The molecule has 0 aliphatic rings. The minimum absolute atomic E-state index is 0.607. The zero-order valence-corrected chi connectivity index (χ0v) is 27.4. The van der Waals surface area contributed by atoms with Gasteiger partial charge in [0, 0.05) is 50.7 Å². The molecule has 2 aromatic heterocycles. The van der Waals surface area contributed by atoms with Crippen molar-refractivity contribution in [3.05, 3.63) is 167 Å². The lowest BCUT2D eigenvalue weighted by Crippen LogP contribution is -2.04. The molecule has 0 fully saturated rings. The summed E-state index contributed by atoms with van der Waals surface area (Å²) >= 11 is 0. The maximum Gasteiger partial charge on any atom is 0.101 e. The molecule has 0 N–H and O–H groups in total. The van der Waals surface area contributed by atoms with E-state index in [9.17, 15) is 10.5 Å². The van der Waals surface area contributed by atoms with Crippen LogP contribution in [-0.2, 0) is 6.54 Å². The molecule has 4 heteroatoms. The van der Waals surface area contributed by atoms with Gasteiger partial charge in [-0.1, -0.05) is 103 Å². The molecule has 0 radical (unpaired) electrons. The van der Waals surface area contributed by atoms with Gasteiger partial charge in [-0.05, 0) is 77.7 Å². The molecule has 0 amide bonds. The zero-order chi connectivity index (χ0) is 34.2. The molecule has 8 aromatic rings. The Labute approximate surface area is 291 Å². The van der Waals surface area contributed by atoms with Gasteiger partial charge in [-0.2, -0.15) is 10.5 Å². The summed E-state index contributed by atoms with van der Waals surface area (Å²) in [6, 6.07) is 50.2. The summed E-state index contributed by atoms with van der Waals surface area (Å²) in [5, 5.41) is 23.9. The molecule has 0 aliphatic carbocycles. The molecule has 50 heavy (non-hydrogen) atoms. The Morgan fingerprint density at radius 2 is 1.32 bits per heavy atom. The number of nitriles is 2. The number of allylic oxidation sites excluding steroid dienone is 1. The molecule has 234 valence electrons. The van der Waals surface area contributed by atoms with Crippen LogP contribution in [0, 0.1) is 41.9 Å². The van der Waals surface area contributed by atoms with Gasteiger partial charge in [-0.25, -0.2) is 0 Å². The van der Waals surface area contributed by atoms with E-state index in [1.807, 2.05) is 48.5 Å². The maximum atomic E-state index is 10.5. The van der Waals surface area contributed by atoms with Gasteiger partial charge >= 0.3 is 0 Å². The molecular formula is C46H30N4. The van der Waals surface area contributed by atoms with Crippen LogP contribution < -0.4 is 0 Å². The third-order valence-electron chi connectivity index (χ3n) is 9.66. The molecule has 8 rings (SSSR count). The highest BCUT2D eigenvalue weighted by molar-refractivity contribution is 6.11. The van der Waals surface area contributed by atoms with Crippen LogP contribution in [0.3, 0.4) is 0 Å². The van der Waals surface area contributed by atoms with Crippen LogP contribution >= 0.6 is 0 Å². The molecule has 4 nitrogen and oxygen atoms in total. The first kappa shape index (κ1) is 30.3. The Morgan fingerprint density at radius 1 is 0.660 bits per heavy atom. The monoisotopic (exact) mass is 638 g/mol. The van der Waals surface area contributed by atoms with Crippen molar-refractivity contribution in [3.8, 4) is 52.4 Å². The summed E-state index contributed by atoms with van der Waals surface area (Å²) < 4.78 is 4.51. The Morgan fingerprint density at radius 3 is 2.14 bits per heavy atom. The van der Waals surface area contributed by atoms with E-state index in [0.29, 0.717) is 17.7 Å². The molecule has 6 aromatic carbocycles. The fourth-order valence-corrected chi connectivity index (χ4v) is 7.44. The molecule has 0 aliphatic heterocycles. The number of aromatic nitrogens is 2. The first-order valence-electron chi connectivity index (χ1n) is 16.5. The average Bonchev–Trinajstić information content (AvgIpc) is 3.65. The summed E-state index contributed by atoms with van der Waals surface area (Å²) in [6.45, 7) is 2.75. The van der Waals surface area contributed by atoms with Gasteiger partial charge in [0.2, 0.25) is 0 Å². The molecule has 0 bridgehead atoms. The quantitative estimate of drug-likeness (QED) is 0.170. The van der Waals surface area contributed by atoms with Crippen molar-refractivity contribution in [2.75, 3.05) is 0 Å². The Bertz CT molecular complexity index is 2790. The SMILES string of the molecule is C#C/C=C\c1c(C)n(Cc2ccccc2-c2c(C#N)cccc2-c2cccc(-n3c4ccccc4c4cccc(C#N)c43)c2)c2ccccc12. The fourth-order valence-electron chi connectivity index (χ4n) is 7.44. The molecule has 0 saturated carbocycles. The second-order valence-corrected chi connectivity index (χ2v) is 12.3. The van der Waals surface area contributed by atoms with E-state index in [2.05, 4.69) is 125 Å². The topological polar surface area (TPSA) is 57.4 Å². The first-order valence-corrected chi connectivity index (χ1v) is 16.5. The summed E-state index contributed by atoms with van der Waals surface area (Å²) in [4.78, 5) is 0. The van der Waals surface area contributed by atoms with E-state index in [1.165, 1.54) is 0 Å². The molecular weight excluding hydrogens is 609 g/mol. The lowest BCUT2D eigenvalue weighted by molar-refractivity contribution is 0.805. The van der Waals surface area contributed by atoms with Crippen LogP contribution in [0.15, 0.2) is 140 Å².